The molecule has 2 aromatic carbocycles. The molecule has 0 aliphatic rings. The third kappa shape index (κ3) is 4.86. The van der Waals surface area contributed by atoms with Crippen LogP contribution in [0.25, 0.3) is 33.6 Å². The Hall–Kier alpha value is -4.32. The molecule has 0 saturated carbocycles. The van der Waals surface area contributed by atoms with E-state index in [4.69, 9.17) is 9.47 Å². The van der Waals surface area contributed by atoms with Gasteiger partial charge in [0.05, 0.1) is 35.7 Å². The van der Waals surface area contributed by atoms with E-state index in [1.807, 2.05) is 48.5 Å². The maximum atomic E-state index is 12.4. The highest BCUT2D eigenvalue weighted by Crippen LogP contribution is 2.38. The third-order valence-electron chi connectivity index (χ3n) is 5.23. The van der Waals surface area contributed by atoms with Crippen LogP contribution in [0.15, 0.2) is 85.2 Å². The Morgan fingerprint density at radius 1 is 0.618 bits per heavy atom. The van der Waals surface area contributed by atoms with Crippen LogP contribution in [0.5, 0.6) is 0 Å². The van der Waals surface area contributed by atoms with Crippen LogP contribution in [-0.2, 0) is 9.47 Å². The van der Waals surface area contributed by atoms with Gasteiger partial charge in [0, 0.05) is 23.5 Å². The summed E-state index contributed by atoms with van der Waals surface area (Å²) in [7, 11) is 0. The van der Waals surface area contributed by atoms with Crippen LogP contribution in [0.1, 0.15) is 34.6 Å². The van der Waals surface area contributed by atoms with Crippen molar-refractivity contribution < 1.29 is 19.1 Å². The van der Waals surface area contributed by atoms with Crippen LogP contribution < -0.4 is 0 Å². The predicted molar refractivity (Wildman–Crippen MR) is 130 cm³/mol. The van der Waals surface area contributed by atoms with Gasteiger partial charge in [0.25, 0.3) is 0 Å². The maximum absolute atomic E-state index is 12.4. The molecule has 0 aliphatic heterocycles. The molecule has 6 nitrogen and oxygen atoms in total. The second kappa shape index (κ2) is 10.5. The fourth-order valence-corrected chi connectivity index (χ4v) is 3.71. The van der Waals surface area contributed by atoms with E-state index >= 15 is 0 Å². The lowest BCUT2D eigenvalue weighted by Crippen LogP contribution is -2.06. The lowest BCUT2D eigenvalue weighted by atomic mass is 9.90. The Balaban J connectivity index is 1.94. The second-order valence-electron chi connectivity index (χ2n) is 7.39. The summed E-state index contributed by atoms with van der Waals surface area (Å²) >= 11 is 0. The lowest BCUT2D eigenvalue weighted by Gasteiger charge is -2.16. The van der Waals surface area contributed by atoms with Gasteiger partial charge in [-0.25, -0.2) is 9.59 Å². The largest absolute Gasteiger partial charge is 0.462 e. The number of carbonyl (C=O) groups excluding carboxylic acids is 2. The molecule has 0 bridgehead atoms. The lowest BCUT2D eigenvalue weighted by molar-refractivity contribution is 0.0517. The Morgan fingerprint density at radius 2 is 1.06 bits per heavy atom. The van der Waals surface area contributed by atoms with Crippen molar-refractivity contribution in [3.63, 3.8) is 0 Å². The topological polar surface area (TPSA) is 78.4 Å². The number of pyridine rings is 2. The monoisotopic (exact) mass is 452 g/mol. The van der Waals surface area contributed by atoms with Gasteiger partial charge in [-0.2, -0.15) is 0 Å². The first-order valence-corrected chi connectivity index (χ1v) is 11.1. The summed E-state index contributed by atoms with van der Waals surface area (Å²) in [5.41, 5.74) is 5.54. The summed E-state index contributed by atoms with van der Waals surface area (Å²) in [6.07, 6.45) is 3.42. The summed E-state index contributed by atoms with van der Waals surface area (Å²) in [5.74, 6) is -0.789. The Kier molecular flexibility index (Phi) is 7.08. The fourth-order valence-electron chi connectivity index (χ4n) is 3.71. The fraction of sp³-hybridized carbons (Fsp3) is 0.143. The number of aromatic nitrogens is 2. The van der Waals surface area contributed by atoms with Crippen molar-refractivity contribution in [3.8, 4) is 33.6 Å². The molecule has 0 radical (unpaired) electrons. The normalized spacial score (nSPS) is 10.5. The van der Waals surface area contributed by atoms with Gasteiger partial charge in [-0.1, -0.05) is 24.3 Å². The van der Waals surface area contributed by atoms with Gasteiger partial charge in [-0.3, -0.25) is 9.97 Å². The molecule has 0 aliphatic carbocycles. The minimum atomic E-state index is -0.395. The molecule has 6 heteroatoms. The standard InChI is InChI=1S/C28H24N2O4/c1-3-33-27(31)19-11-13-21(23(17-19)25-9-5-7-15-29-25)22-14-12-20(28(32)34-4-2)18-24(22)26-10-6-8-16-30-26/h5-18H,3-4H2,1-2H3. The molecule has 0 amide bonds. The van der Waals surface area contributed by atoms with Gasteiger partial charge >= 0.3 is 11.9 Å². The molecule has 0 spiro atoms. The van der Waals surface area contributed by atoms with Crippen molar-refractivity contribution in [2.75, 3.05) is 13.2 Å². The first-order valence-electron chi connectivity index (χ1n) is 11.1. The maximum Gasteiger partial charge on any atom is 0.338 e. The molecule has 170 valence electrons. The summed E-state index contributed by atoms with van der Waals surface area (Å²) in [6, 6.07) is 22.1. The summed E-state index contributed by atoms with van der Waals surface area (Å²) < 4.78 is 10.4. The number of rotatable bonds is 7. The minimum absolute atomic E-state index is 0.290. The van der Waals surface area contributed by atoms with E-state index < -0.39 is 11.9 Å². The zero-order valence-electron chi connectivity index (χ0n) is 19.0. The highest BCUT2D eigenvalue weighted by Gasteiger charge is 2.19. The van der Waals surface area contributed by atoms with E-state index in [9.17, 15) is 9.59 Å². The average Bonchev–Trinajstić information content (AvgIpc) is 2.89. The minimum Gasteiger partial charge on any atom is -0.462 e. The third-order valence-corrected chi connectivity index (χ3v) is 5.23. The highest BCUT2D eigenvalue weighted by molar-refractivity contribution is 5.98. The molecule has 2 heterocycles. The average molecular weight is 453 g/mol. The van der Waals surface area contributed by atoms with Crippen LogP contribution in [-0.4, -0.2) is 35.1 Å². The number of hydrogen-bond donors (Lipinski definition) is 0. The molecule has 0 fully saturated rings. The number of hydrogen-bond acceptors (Lipinski definition) is 6. The molecule has 4 aromatic rings. The first kappa shape index (κ1) is 22.9. The van der Waals surface area contributed by atoms with E-state index in [0.29, 0.717) is 35.7 Å². The number of esters is 2. The Labute approximate surface area is 198 Å². The van der Waals surface area contributed by atoms with E-state index in [-0.39, 0.29) is 0 Å². The van der Waals surface area contributed by atoms with Crippen molar-refractivity contribution in [3.05, 3.63) is 96.3 Å². The molecule has 2 aromatic heterocycles. The predicted octanol–water partition coefficient (Wildman–Crippen LogP) is 5.83. The smallest absolute Gasteiger partial charge is 0.338 e. The van der Waals surface area contributed by atoms with E-state index in [2.05, 4.69) is 9.97 Å². The first-order chi connectivity index (χ1) is 16.6. The van der Waals surface area contributed by atoms with Crippen LogP contribution in [0.3, 0.4) is 0 Å². The Bertz CT molecular complexity index is 1200. The number of carbonyl (C=O) groups is 2. The van der Waals surface area contributed by atoms with Gasteiger partial charge in [-0.05, 0) is 73.5 Å². The second-order valence-corrected chi connectivity index (χ2v) is 7.39. The number of ether oxygens (including phenoxy) is 2. The zero-order chi connectivity index (χ0) is 23.9. The van der Waals surface area contributed by atoms with Gasteiger partial charge < -0.3 is 9.47 Å². The van der Waals surface area contributed by atoms with Crippen LogP contribution in [0.4, 0.5) is 0 Å². The molecule has 0 N–H and O–H groups in total. The van der Waals surface area contributed by atoms with Gasteiger partial charge in [0.1, 0.15) is 0 Å². The quantitative estimate of drug-likeness (QED) is 0.328. The van der Waals surface area contributed by atoms with Crippen LogP contribution >= 0.6 is 0 Å². The van der Waals surface area contributed by atoms with Crippen molar-refractivity contribution in [2.45, 2.75) is 13.8 Å². The van der Waals surface area contributed by atoms with E-state index in [0.717, 1.165) is 22.3 Å². The van der Waals surface area contributed by atoms with Gasteiger partial charge in [-0.15, -0.1) is 0 Å². The van der Waals surface area contributed by atoms with Gasteiger partial charge in [0.15, 0.2) is 0 Å². The molecule has 0 saturated heterocycles. The van der Waals surface area contributed by atoms with Crippen molar-refractivity contribution >= 4 is 11.9 Å². The van der Waals surface area contributed by atoms with E-state index in [1.54, 1.807) is 50.5 Å². The van der Waals surface area contributed by atoms with Crippen molar-refractivity contribution in [1.29, 1.82) is 0 Å². The SMILES string of the molecule is CCOC(=O)c1ccc(-c2ccc(C(=O)OCC)cc2-c2ccccn2)c(-c2ccccn2)c1. The molecular formula is C28H24N2O4. The molecule has 0 unspecified atom stereocenters. The molecule has 4 rings (SSSR count). The highest BCUT2D eigenvalue weighted by atomic mass is 16.5. The molecule has 34 heavy (non-hydrogen) atoms. The summed E-state index contributed by atoms with van der Waals surface area (Å²) in [5, 5.41) is 0. The summed E-state index contributed by atoms with van der Waals surface area (Å²) in [4.78, 5) is 33.9. The molecule has 0 atom stereocenters. The number of nitrogens with zero attached hydrogens (tertiary/aromatic N) is 2. The summed E-state index contributed by atoms with van der Waals surface area (Å²) in [6.45, 7) is 4.13. The van der Waals surface area contributed by atoms with Crippen LogP contribution in [0, 0.1) is 0 Å². The van der Waals surface area contributed by atoms with E-state index in [1.165, 1.54) is 0 Å². The Morgan fingerprint density at radius 3 is 1.41 bits per heavy atom. The zero-order valence-corrected chi connectivity index (χ0v) is 19.0. The number of benzene rings is 2. The van der Waals surface area contributed by atoms with Crippen molar-refractivity contribution in [1.82, 2.24) is 9.97 Å². The van der Waals surface area contributed by atoms with Crippen LogP contribution in [0.2, 0.25) is 0 Å². The molecular weight excluding hydrogens is 428 g/mol. The van der Waals surface area contributed by atoms with Crippen molar-refractivity contribution in [2.24, 2.45) is 0 Å². The van der Waals surface area contributed by atoms with Gasteiger partial charge in [0.2, 0.25) is 0 Å².